The predicted molar refractivity (Wildman–Crippen MR) is 166 cm³/mol. The zero-order valence-electron chi connectivity index (χ0n) is 24.6. The minimum Gasteiger partial charge on any atom is -0.354 e. The SMILES string of the molecule is Cc1ccc(S(=O)(=O)N(CC(=O)N(Cc2cccc(Cl)c2)[C@@H](C)C(=O)NCC(C)C)c2ccc(C(C)C)cc2)cc1. The molecule has 1 N–H and O–H groups in total. The van der Waals surface area contributed by atoms with Crippen LogP contribution in [0.25, 0.3) is 0 Å². The van der Waals surface area contributed by atoms with Crippen LogP contribution in [0.4, 0.5) is 5.69 Å². The zero-order chi connectivity index (χ0) is 30.3. The van der Waals surface area contributed by atoms with Crippen LogP contribution in [-0.2, 0) is 26.2 Å². The van der Waals surface area contributed by atoms with Crippen LogP contribution in [-0.4, -0.2) is 44.3 Å². The van der Waals surface area contributed by atoms with Crippen LogP contribution in [0.3, 0.4) is 0 Å². The number of hydrogen-bond acceptors (Lipinski definition) is 4. The van der Waals surface area contributed by atoms with Crippen molar-refractivity contribution >= 4 is 39.1 Å². The number of rotatable bonds is 12. The van der Waals surface area contributed by atoms with Gasteiger partial charge in [-0.25, -0.2) is 8.42 Å². The van der Waals surface area contributed by atoms with Crippen LogP contribution in [0.1, 0.15) is 57.2 Å². The Morgan fingerprint density at radius 1 is 0.902 bits per heavy atom. The van der Waals surface area contributed by atoms with Gasteiger partial charge in [-0.2, -0.15) is 0 Å². The van der Waals surface area contributed by atoms with Crippen LogP contribution in [0.2, 0.25) is 5.02 Å². The maximum absolute atomic E-state index is 14.0. The summed E-state index contributed by atoms with van der Waals surface area (Å²) in [4.78, 5) is 28.6. The number of hydrogen-bond donors (Lipinski definition) is 1. The van der Waals surface area contributed by atoms with Crippen molar-refractivity contribution in [3.63, 3.8) is 0 Å². The topological polar surface area (TPSA) is 86.8 Å². The zero-order valence-corrected chi connectivity index (χ0v) is 26.2. The number of amides is 2. The van der Waals surface area contributed by atoms with Crippen LogP contribution in [0.5, 0.6) is 0 Å². The van der Waals surface area contributed by atoms with Crippen LogP contribution in [0.15, 0.2) is 77.7 Å². The highest BCUT2D eigenvalue weighted by atomic mass is 35.5. The van der Waals surface area contributed by atoms with Gasteiger partial charge in [0.2, 0.25) is 11.8 Å². The van der Waals surface area contributed by atoms with Crippen LogP contribution >= 0.6 is 11.6 Å². The largest absolute Gasteiger partial charge is 0.354 e. The fraction of sp³-hybridized carbons (Fsp3) is 0.375. The molecule has 0 bridgehead atoms. The van der Waals surface area contributed by atoms with E-state index in [4.69, 9.17) is 11.6 Å². The first-order valence-electron chi connectivity index (χ1n) is 13.8. The lowest BCUT2D eigenvalue weighted by Crippen LogP contribution is -2.51. The molecule has 41 heavy (non-hydrogen) atoms. The predicted octanol–water partition coefficient (Wildman–Crippen LogP) is 6.16. The molecule has 0 aliphatic carbocycles. The average molecular weight is 598 g/mol. The standard InChI is InChI=1S/C32H40ClN3O4S/c1-22(2)19-34-32(38)25(6)35(20-26-8-7-9-28(33)18-26)31(37)21-36(29-14-12-27(13-15-29)23(3)4)41(39,40)30-16-10-24(5)11-17-30/h7-18,22-23,25H,19-21H2,1-6H3,(H,34,38)/t25-/m0/s1. The van der Waals surface area contributed by atoms with E-state index < -0.39 is 28.5 Å². The summed E-state index contributed by atoms with van der Waals surface area (Å²) < 4.78 is 29.0. The van der Waals surface area contributed by atoms with Gasteiger partial charge in [0.05, 0.1) is 10.6 Å². The lowest BCUT2D eigenvalue weighted by atomic mass is 10.0. The van der Waals surface area contributed by atoms with Gasteiger partial charge in [0.15, 0.2) is 0 Å². The van der Waals surface area contributed by atoms with Gasteiger partial charge < -0.3 is 10.2 Å². The van der Waals surface area contributed by atoms with Gasteiger partial charge in [0, 0.05) is 18.1 Å². The first kappa shape index (κ1) is 32.2. The molecule has 7 nitrogen and oxygen atoms in total. The number of nitrogens with zero attached hydrogens (tertiary/aromatic N) is 2. The molecular weight excluding hydrogens is 558 g/mol. The first-order valence-corrected chi connectivity index (χ1v) is 15.6. The monoisotopic (exact) mass is 597 g/mol. The molecular formula is C32H40ClN3O4S. The molecule has 220 valence electrons. The Kier molecular flexibility index (Phi) is 11.0. The van der Waals surface area contributed by atoms with Crippen molar-refractivity contribution in [3.8, 4) is 0 Å². The van der Waals surface area contributed by atoms with Crippen molar-refractivity contribution < 1.29 is 18.0 Å². The molecule has 0 aliphatic rings. The molecule has 2 amide bonds. The highest BCUT2D eigenvalue weighted by molar-refractivity contribution is 7.92. The van der Waals surface area contributed by atoms with E-state index >= 15 is 0 Å². The van der Waals surface area contributed by atoms with Gasteiger partial charge in [0.1, 0.15) is 12.6 Å². The maximum Gasteiger partial charge on any atom is 0.264 e. The summed E-state index contributed by atoms with van der Waals surface area (Å²) in [5, 5.41) is 3.39. The number of sulfonamides is 1. The van der Waals surface area contributed by atoms with Gasteiger partial charge in [-0.15, -0.1) is 0 Å². The molecule has 0 fully saturated rings. The summed E-state index contributed by atoms with van der Waals surface area (Å²) in [6, 6.07) is 19.9. The summed E-state index contributed by atoms with van der Waals surface area (Å²) in [5.74, 6) is -0.345. The van der Waals surface area contributed by atoms with E-state index in [-0.39, 0.29) is 29.2 Å². The van der Waals surface area contributed by atoms with Crippen molar-refractivity contribution in [1.29, 1.82) is 0 Å². The molecule has 9 heteroatoms. The first-order chi connectivity index (χ1) is 19.3. The molecule has 3 aromatic rings. The molecule has 0 radical (unpaired) electrons. The number of anilines is 1. The Bertz CT molecular complexity index is 1440. The fourth-order valence-electron chi connectivity index (χ4n) is 4.26. The van der Waals surface area contributed by atoms with Gasteiger partial charge in [0.25, 0.3) is 10.0 Å². The van der Waals surface area contributed by atoms with Crippen LogP contribution < -0.4 is 9.62 Å². The summed E-state index contributed by atoms with van der Waals surface area (Å²) >= 11 is 6.20. The van der Waals surface area contributed by atoms with Crippen molar-refractivity contribution in [1.82, 2.24) is 10.2 Å². The lowest BCUT2D eigenvalue weighted by molar-refractivity contribution is -0.139. The van der Waals surface area contributed by atoms with E-state index in [0.29, 0.717) is 17.3 Å². The Hall–Kier alpha value is -3.36. The van der Waals surface area contributed by atoms with Crippen molar-refractivity contribution in [2.24, 2.45) is 5.92 Å². The van der Waals surface area contributed by atoms with Gasteiger partial charge in [-0.1, -0.05) is 81.3 Å². The fourth-order valence-corrected chi connectivity index (χ4v) is 5.89. The third kappa shape index (κ3) is 8.57. The molecule has 0 saturated heterocycles. The third-order valence-corrected chi connectivity index (χ3v) is 8.85. The quantitative estimate of drug-likeness (QED) is 0.271. The number of aryl methyl sites for hydroxylation is 1. The molecule has 3 rings (SSSR count). The summed E-state index contributed by atoms with van der Waals surface area (Å²) in [5.41, 5.74) is 3.05. The number of halogens is 1. The van der Waals surface area contributed by atoms with Gasteiger partial charge >= 0.3 is 0 Å². The molecule has 0 heterocycles. The summed E-state index contributed by atoms with van der Waals surface area (Å²) in [7, 11) is -4.12. The molecule has 3 aromatic carbocycles. The maximum atomic E-state index is 14.0. The Morgan fingerprint density at radius 2 is 1.54 bits per heavy atom. The van der Waals surface area contributed by atoms with Crippen LogP contribution in [0, 0.1) is 12.8 Å². The molecule has 0 saturated carbocycles. The van der Waals surface area contributed by atoms with E-state index in [1.54, 1.807) is 49.4 Å². The lowest BCUT2D eigenvalue weighted by Gasteiger charge is -2.32. The van der Waals surface area contributed by atoms with E-state index in [1.807, 2.05) is 39.0 Å². The van der Waals surface area contributed by atoms with Crippen molar-refractivity contribution in [2.75, 3.05) is 17.4 Å². The molecule has 0 aliphatic heterocycles. The van der Waals surface area contributed by atoms with Gasteiger partial charge in [-0.3, -0.25) is 13.9 Å². The van der Waals surface area contributed by atoms with E-state index in [2.05, 4.69) is 19.2 Å². The normalized spacial score (nSPS) is 12.3. The van der Waals surface area contributed by atoms with Crippen molar-refractivity contribution in [3.05, 3.63) is 94.5 Å². The number of nitrogens with one attached hydrogen (secondary N) is 1. The second-order valence-electron chi connectivity index (χ2n) is 11.0. The number of carbonyl (C=O) groups excluding carboxylic acids is 2. The minimum atomic E-state index is -4.12. The number of carbonyl (C=O) groups is 2. The van der Waals surface area contributed by atoms with E-state index in [1.165, 1.54) is 17.0 Å². The van der Waals surface area contributed by atoms with Gasteiger partial charge in [-0.05, 0) is 73.2 Å². The van der Waals surface area contributed by atoms with E-state index in [9.17, 15) is 18.0 Å². The molecule has 1 atom stereocenters. The Balaban J connectivity index is 2.03. The van der Waals surface area contributed by atoms with E-state index in [0.717, 1.165) is 21.0 Å². The smallest absolute Gasteiger partial charge is 0.264 e. The Labute approximate surface area is 249 Å². The highest BCUT2D eigenvalue weighted by Crippen LogP contribution is 2.27. The molecule has 0 unspecified atom stereocenters. The average Bonchev–Trinajstić information content (AvgIpc) is 2.93. The number of benzene rings is 3. The highest BCUT2D eigenvalue weighted by Gasteiger charge is 2.32. The van der Waals surface area contributed by atoms with Crippen molar-refractivity contribution in [2.45, 2.75) is 64.9 Å². The summed E-state index contributed by atoms with van der Waals surface area (Å²) in [6.07, 6.45) is 0. The molecule has 0 aromatic heterocycles. The third-order valence-electron chi connectivity index (χ3n) is 6.83. The summed E-state index contributed by atoms with van der Waals surface area (Å²) in [6.45, 7) is 11.7. The second-order valence-corrected chi connectivity index (χ2v) is 13.3. The second kappa shape index (κ2) is 14.0. The molecule has 0 spiro atoms. The minimum absolute atomic E-state index is 0.0768. The Morgan fingerprint density at radius 3 is 2.10 bits per heavy atom.